The van der Waals surface area contributed by atoms with Gasteiger partial charge in [0.1, 0.15) is 11.6 Å². The second-order valence-corrected chi connectivity index (χ2v) is 5.90. The first-order chi connectivity index (χ1) is 13.0. The number of nitrogens with one attached hydrogen (secondary N) is 1. The molecule has 27 heavy (non-hydrogen) atoms. The number of amides is 1. The van der Waals surface area contributed by atoms with Gasteiger partial charge in [0.25, 0.3) is 5.91 Å². The number of aromatic nitrogens is 4. The number of carbonyl (C=O) groups excluding carboxylic acids is 1. The van der Waals surface area contributed by atoms with Crippen molar-refractivity contribution >= 4 is 16.9 Å². The fourth-order valence-corrected chi connectivity index (χ4v) is 2.71. The summed E-state index contributed by atoms with van der Waals surface area (Å²) >= 11 is 0. The van der Waals surface area contributed by atoms with E-state index >= 15 is 0 Å². The van der Waals surface area contributed by atoms with Crippen molar-refractivity contribution in [1.82, 2.24) is 19.6 Å². The first kappa shape index (κ1) is 16.8. The Morgan fingerprint density at radius 1 is 1.07 bits per heavy atom. The third-order valence-electron chi connectivity index (χ3n) is 4.02. The van der Waals surface area contributed by atoms with Crippen molar-refractivity contribution in [3.63, 3.8) is 0 Å². The van der Waals surface area contributed by atoms with Crippen molar-refractivity contribution in [2.45, 2.75) is 6.92 Å². The van der Waals surface area contributed by atoms with Gasteiger partial charge in [0.15, 0.2) is 11.5 Å². The topological polar surface area (TPSA) is 72.7 Å². The zero-order valence-corrected chi connectivity index (χ0v) is 14.1. The lowest BCUT2D eigenvalue weighted by atomic mass is 10.2. The number of pyridine rings is 1. The minimum absolute atomic E-state index is 0.263. The minimum atomic E-state index is -0.455. The van der Waals surface area contributed by atoms with E-state index in [4.69, 9.17) is 0 Å². The molecule has 8 heteroatoms. The van der Waals surface area contributed by atoms with E-state index < -0.39 is 11.7 Å². The maximum Gasteiger partial charge on any atom is 0.273 e. The highest BCUT2D eigenvalue weighted by Crippen LogP contribution is 2.18. The smallest absolute Gasteiger partial charge is 0.267 e. The molecule has 1 N–H and O–H groups in total. The van der Waals surface area contributed by atoms with Crippen LogP contribution in [0.2, 0.25) is 0 Å². The van der Waals surface area contributed by atoms with E-state index in [0.29, 0.717) is 28.1 Å². The molecule has 0 bridgehead atoms. The highest BCUT2D eigenvalue weighted by atomic mass is 19.1. The number of hydrogen-bond donors (Lipinski definition) is 1. The van der Waals surface area contributed by atoms with Crippen LogP contribution in [0.1, 0.15) is 16.1 Å². The van der Waals surface area contributed by atoms with Crippen LogP contribution in [0, 0.1) is 18.6 Å². The summed E-state index contributed by atoms with van der Waals surface area (Å²) in [4.78, 5) is 25.0. The summed E-state index contributed by atoms with van der Waals surface area (Å²) in [6.07, 6.45) is 4.04. The fraction of sp³-hybridized carbons (Fsp3) is 0.0526. The molecule has 0 aliphatic carbocycles. The predicted octanol–water partition coefficient (Wildman–Crippen LogP) is 3.46. The van der Waals surface area contributed by atoms with Gasteiger partial charge in [-0.25, -0.2) is 28.4 Å². The summed E-state index contributed by atoms with van der Waals surface area (Å²) in [6.45, 7) is 1.67. The number of aryl methyl sites for hydroxylation is 1. The molecule has 0 aliphatic rings. The third-order valence-corrected chi connectivity index (χ3v) is 4.02. The van der Waals surface area contributed by atoms with Gasteiger partial charge in [-0.2, -0.15) is 0 Å². The number of benzene rings is 1. The molecule has 1 aromatic carbocycles. The van der Waals surface area contributed by atoms with Gasteiger partial charge in [-0.15, -0.1) is 0 Å². The van der Waals surface area contributed by atoms with E-state index in [1.165, 1.54) is 29.1 Å². The van der Waals surface area contributed by atoms with Crippen LogP contribution in [0.3, 0.4) is 0 Å². The van der Waals surface area contributed by atoms with Crippen LogP contribution in [0.5, 0.6) is 0 Å². The van der Waals surface area contributed by atoms with E-state index in [-0.39, 0.29) is 11.4 Å². The van der Waals surface area contributed by atoms with Crippen molar-refractivity contribution in [2.24, 2.45) is 0 Å². The Morgan fingerprint density at radius 3 is 2.70 bits per heavy atom. The molecule has 0 spiro atoms. The lowest BCUT2D eigenvalue weighted by Crippen LogP contribution is -2.23. The number of nitrogens with zero attached hydrogens (tertiary/aromatic N) is 4. The van der Waals surface area contributed by atoms with E-state index in [9.17, 15) is 13.6 Å². The molecule has 0 atom stereocenters. The van der Waals surface area contributed by atoms with Crippen molar-refractivity contribution in [1.29, 1.82) is 0 Å². The Morgan fingerprint density at radius 2 is 1.93 bits per heavy atom. The van der Waals surface area contributed by atoms with Gasteiger partial charge in [0, 0.05) is 23.3 Å². The van der Waals surface area contributed by atoms with Crippen LogP contribution < -0.4 is 5.43 Å². The summed E-state index contributed by atoms with van der Waals surface area (Å²) in [6, 6.07) is 8.88. The second-order valence-electron chi connectivity index (χ2n) is 5.90. The molecule has 4 aromatic rings. The van der Waals surface area contributed by atoms with Crippen molar-refractivity contribution in [3.8, 4) is 11.4 Å². The summed E-state index contributed by atoms with van der Waals surface area (Å²) in [5.41, 5.74) is 4.30. The van der Waals surface area contributed by atoms with Gasteiger partial charge in [-0.05, 0) is 31.2 Å². The number of fused-ring (bicyclic) bond motifs is 1. The molecule has 0 saturated carbocycles. The molecule has 3 aromatic heterocycles. The largest absolute Gasteiger partial charge is 0.273 e. The molecule has 0 saturated heterocycles. The Labute approximate surface area is 152 Å². The number of rotatable bonds is 3. The Hall–Kier alpha value is -3.68. The number of halogens is 2. The van der Waals surface area contributed by atoms with Crippen LogP contribution in [0.4, 0.5) is 8.78 Å². The van der Waals surface area contributed by atoms with Crippen LogP contribution in [-0.2, 0) is 0 Å². The summed E-state index contributed by atoms with van der Waals surface area (Å²) in [5, 5.41) is 0.560. The Balaban J connectivity index is 1.62. The molecule has 134 valence electrons. The first-order valence-electron chi connectivity index (χ1n) is 8.05. The summed E-state index contributed by atoms with van der Waals surface area (Å²) in [5.74, 6) is -0.961. The van der Waals surface area contributed by atoms with Crippen LogP contribution in [-0.4, -0.2) is 25.5 Å². The monoisotopic (exact) mass is 365 g/mol. The standard InChI is InChI=1S/C19H13F2N5O/c1-11-16(10-22-17(24-11)12-3-2-4-14(20)7-12)19(27)25-26-6-5-13-8-15(21)9-23-18(13)26/h2-10H,1H3,(H,25,27). The van der Waals surface area contributed by atoms with Gasteiger partial charge in [0.2, 0.25) is 0 Å². The zero-order valence-electron chi connectivity index (χ0n) is 14.1. The molecule has 1 amide bonds. The van der Waals surface area contributed by atoms with Crippen LogP contribution in [0.25, 0.3) is 22.4 Å². The second kappa shape index (κ2) is 6.56. The van der Waals surface area contributed by atoms with Crippen molar-refractivity contribution in [2.75, 3.05) is 5.43 Å². The number of hydrogen-bond acceptors (Lipinski definition) is 4. The van der Waals surface area contributed by atoms with E-state index in [1.807, 2.05) is 0 Å². The van der Waals surface area contributed by atoms with Crippen molar-refractivity contribution < 1.29 is 13.6 Å². The summed E-state index contributed by atoms with van der Waals surface area (Å²) in [7, 11) is 0. The molecule has 4 rings (SSSR count). The highest BCUT2D eigenvalue weighted by molar-refractivity contribution is 6.01. The van der Waals surface area contributed by atoms with Gasteiger partial charge < -0.3 is 0 Å². The maximum atomic E-state index is 13.4. The fourth-order valence-electron chi connectivity index (χ4n) is 2.71. The molecule has 0 radical (unpaired) electrons. The molecular formula is C19H13F2N5O. The Kier molecular flexibility index (Phi) is 4.08. The molecular weight excluding hydrogens is 352 g/mol. The highest BCUT2D eigenvalue weighted by Gasteiger charge is 2.14. The molecule has 3 heterocycles. The lowest BCUT2D eigenvalue weighted by molar-refractivity contribution is 0.101. The average molecular weight is 365 g/mol. The Bertz CT molecular complexity index is 1170. The third kappa shape index (κ3) is 3.24. The van der Waals surface area contributed by atoms with Gasteiger partial charge >= 0.3 is 0 Å². The average Bonchev–Trinajstić information content (AvgIpc) is 3.03. The van der Waals surface area contributed by atoms with Crippen LogP contribution >= 0.6 is 0 Å². The quantitative estimate of drug-likeness (QED) is 0.603. The van der Waals surface area contributed by atoms with E-state index in [0.717, 1.165) is 6.20 Å². The first-order valence-corrected chi connectivity index (χ1v) is 8.05. The van der Waals surface area contributed by atoms with Gasteiger partial charge in [-0.1, -0.05) is 12.1 Å². The maximum absolute atomic E-state index is 13.4. The van der Waals surface area contributed by atoms with E-state index in [2.05, 4.69) is 20.4 Å². The zero-order chi connectivity index (χ0) is 19.0. The predicted molar refractivity (Wildman–Crippen MR) is 95.5 cm³/mol. The SMILES string of the molecule is Cc1nc(-c2cccc(F)c2)ncc1C(=O)Nn1ccc2cc(F)cnc21. The van der Waals surface area contributed by atoms with Gasteiger partial charge in [0.05, 0.1) is 17.5 Å². The van der Waals surface area contributed by atoms with E-state index in [1.54, 1.807) is 31.3 Å². The lowest BCUT2D eigenvalue weighted by Gasteiger charge is -2.10. The van der Waals surface area contributed by atoms with Crippen molar-refractivity contribution in [3.05, 3.63) is 77.9 Å². The summed E-state index contributed by atoms with van der Waals surface area (Å²) < 4.78 is 28.0. The minimum Gasteiger partial charge on any atom is -0.267 e. The van der Waals surface area contributed by atoms with Gasteiger partial charge in [-0.3, -0.25) is 10.2 Å². The molecule has 6 nitrogen and oxygen atoms in total. The normalized spacial score (nSPS) is 10.9. The molecule has 0 aliphatic heterocycles. The van der Waals surface area contributed by atoms with Crippen LogP contribution in [0.15, 0.2) is 55.0 Å². The molecule has 0 unspecified atom stereocenters. The molecule has 0 fully saturated rings. The number of carbonyl (C=O) groups is 1.